The molecule has 0 atom stereocenters. The Morgan fingerprint density at radius 1 is 1.31 bits per heavy atom. The lowest BCUT2D eigenvalue weighted by Crippen LogP contribution is -2.11. The third kappa shape index (κ3) is 3.63. The maximum atomic E-state index is 8.72. The van der Waals surface area contributed by atoms with E-state index in [0.29, 0.717) is 5.92 Å². The molecular formula is C12H19N. The van der Waals surface area contributed by atoms with Crippen LogP contribution in [-0.4, -0.2) is 0 Å². The van der Waals surface area contributed by atoms with Gasteiger partial charge < -0.3 is 0 Å². The van der Waals surface area contributed by atoms with Gasteiger partial charge in [-0.05, 0) is 38.0 Å². The molecule has 1 saturated carbocycles. The zero-order valence-corrected chi connectivity index (χ0v) is 8.50. The third-order valence-electron chi connectivity index (χ3n) is 2.82. The summed E-state index contributed by atoms with van der Waals surface area (Å²) in [5.74, 6) is 1.10. The van der Waals surface area contributed by atoms with Gasteiger partial charge in [0, 0.05) is 5.92 Å². The van der Waals surface area contributed by atoms with Gasteiger partial charge in [0.15, 0.2) is 0 Å². The van der Waals surface area contributed by atoms with Crippen molar-refractivity contribution < 1.29 is 0 Å². The summed E-state index contributed by atoms with van der Waals surface area (Å²) in [6, 6.07) is 2.37. The largest absolute Gasteiger partial charge is 0.198 e. The summed E-state index contributed by atoms with van der Waals surface area (Å²) in [5.41, 5.74) is 0. The number of unbranched alkanes of at least 4 members (excludes halogenated alkanes) is 1. The van der Waals surface area contributed by atoms with E-state index >= 15 is 0 Å². The lowest BCUT2D eigenvalue weighted by molar-refractivity contribution is 0.362. The molecule has 0 saturated heterocycles. The number of nitriles is 1. The van der Waals surface area contributed by atoms with Crippen LogP contribution in [0.5, 0.6) is 0 Å². The van der Waals surface area contributed by atoms with Crippen LogP contribution in [0.25, 0.3) is 0 Å². The molecule has 0 unspecified atom stereocenters. The number of hydrogen-bond donors (Lipinski definition) is 0. The molecule has 13 heavy (non-hydrogen) atoms. The lowest BCUT2D eigenvalue weighted by atomic mass is 9.82. The van der Waals surface area contributed by atoms with Crippen molar-refractivity contribution in [1.29, 1.82) is 5.26 Å². The van der Waals surface area contributed by atoms with Crippen LogP contribution in [0.2, 0.25) is 0 Å². The highest BCUT2D eigenvalue weighted by Crippen LogP contribution is 2.29. The number of rotatable bonds is 3. The second kappa shape index (κ2) is 5.80. The van der Waals surface area contributed by atoms with Gasteiger partial charge in [0.1, 0.15) is 0 Å². The summed E-state index contributed by atoms with van der Waals surface area (Å²) in [4.78, 5) is 0. The van der Waals surface area contributed by atoms with Gasteiger partial charge in [-0.15, -0.1) is 0 Å². The molecule has 1 heteroatoms. The Morgan fingerprint density at radius 2 is 2.00 bits per heavy atom. The van der Waals surface area contributed by atoms with E-state index < -0.39 is 0 Å². The number of allylic oxidation sites excluding steroid dienone is 2. The summed E-state index contributed by atoms with van der Waals surface area (Å²) in [7, 11) is 0. The Kier molecular flexibility index (Phi) is 4.60. The zero-order valence-electron chi connectivity index (χ0n) is 8.50. The van der Waals surface area contributed by atoms with E-state index in [-0.39, 0.29) is 0 Å². The first-order valence-corrected chi connectivity index (χ1v) is 5.43. The fourth-order valence-electron chi connectivity index (χ4n) is 1.90. The molecule has 0 aromatic rings. The number of hydrogen-bond acceptors (Lipinski definition) is 1. The van der Waals surface area contributed by atoms with Crippen LogP contribution in [-0.2, 0) is 0 Å². The molecule has 0 radical (unpaired) electrons. The van der Waals surface area contributed by atoms with Crippen LogP contribution in [0.4, 0.5) is 0 Å². The van der Waals surface area contributed by atoms with Gasteiger partial charge in [-0.2, -0.15) is 5.26 Å². The summed E-state index contributed by atoms with van der Waals surface area (Å²) in [6.07, 6.45) is 11.8. The van der Waals surface area contributed by atoms with Crippen LogP contribution in [0, 0.1) is 23.2 Å². The highest BCUT2D eigenvalue weighted by Gasteiger charge is 2.18. The monoisotopic (exact) mass is 177 g/mol. The first-order valence-electron chi connectivity index (χ1n) is 5.43. The van der Waals surface area contributed by atoms with Crippen molar-refractivity contribution in [1.82, 2.24) is 0 Å². The molecule has 1 rings (SSSR count). The first-order chi connectivity index (χ1) is 6.36. The van der Waals surface area contributed by atoms with E-state index in [2.05, 4.69) is 25.1 Å². The summed E-state index contributed by atoms with van der Waals surface area (Å²) < 4.78 is 0. The molecule has 0 amide bonds. The molecule has 0 spiro atoms. The van der Waals surface area contributed by atoms with Gasteiger partial charge in [-0.3, -0.25) is 0 Å². The normalized spacial score (nSPS) is 28.9. The summed E-state index contributed by atoms with van der Waals surface area (Å²) in [6.45, 7) is 2.21. The molecule has 0 aliphatic heterocycles. The van der Waals surface area contributed by atoms with Crippen molar-refractivity contribution in [2.24, 2.45) is 11.8 Å². The molecule has 0 bridgehead atoms. The third-order valence-corrected chi connectivity index (χ3v) is 2.82. The van der Waals surface area contributed by atoms with E-state index in [0.717, 1.165) is 18.8 Å². The predicted molar refractivity (Wildman–Crippen MR) is 55.1 cm³/mol. The van der Waals surface area contributed by atoms with Gasteiger partial charge >= 0.3 is 0 Å². The van der Waals surface area contributed by atoms with Crippen LogP contribution in [0.15, 0.2) is 12.2 Å². The number of nitrogens with zero attached hydrogens (tertiary/aromatic N) is 1. The fraction of sp³-hybridized carbons (Fsp3) is 0.750. The van der Waals surface area contributed by atoms with Gasteiger partial charge in [0.2, 0.25) is 0 Å². The molecule has 0 N–H and O–H groups in total. The SMILES string of the molecule is CCCC=C[C@H]1CC[C@H](C#N)CC1. The van der Waals surface area contributed by atoms with Crippen LogP contribution in [0.3, 0.4) is 0 Å². The molecule has 1 aliphatic rings. The highest BCUT2D eigenvalue weighted by atomic mass is 14.3. The Hall–Kier alpha value is -0.770. The zero-order chi connectivity index (χ0) is 9.52. The summed E-state index contributed by atoms with van der Waals surface area (Å²) >= 11 is 0. The van der Waals surface area contributed by atoms with Gasteiger partial charge in [0.05, 0.1) is 6.07 Å². The average Bonchev–Trinajstić information content (AvgIpc) is 2.19. The highest BCUT2D eigenvalue weighted by molar-refractivity contribution is 4.94. The molecule has 72 valence electrons. The molecule has 0 aromatic carbocycles. The standard InChI is InChI=1S/C12H19N/c1-2-3-4-5-11-6-8-12(10-13)9-7-11/h4-5,11-12H,2-3,6-9H2,1H3/t11-,12-. The Labute approximate surface area is 81.5 Å². The Balaban J connectivity index is 2.22. The van der Waals surface area contributed by atoms with Gasteiger partial charge in [-0.25, -0.2) is 0 Å². The minimum absolute atomic E-state index is 0.343. The molecule has 0 aromatic heterocycles. The van der Waals surface area contributed by atoms with Gasteiger partial charge in [0.25, 0.3) is 0 Å². The molecular weight excluding hydrogens is 158 g/mol. The lowest BCUT2D eigenvalue weighted by Gasteiger charge is -2.21. The van der Waals surface area contributed by atoms with Crippen molar-refractivity contribution in [2.75, 3.05) is 0 Å². The van der Waals surface area contributed by atoms with Crippen molar-refractivity contribution in [2.45, 2.75) is 45.4 Å². The molecule has 1 aliphatic carbocycles. The topological polar surface area (TPSA) is 23.8 Å². The first kappa shape index (κ1) is 10.3. The second-order valence-corrected chi connectivity index (χ2v) is 3.96. The minimum Gasteiger partial charge on any atom is -0.198 e. The average molecular weight is 177 g/mol. The van der Waals surface area contributed by atoms with Crippen molar-refractivity contribution in [3.63, 3.8) is 0 Å². The Bertz CT molecular complexity index is 192. The van der Waals surface area contributed by atoms with Crippen LogP contribution in [0.1, 0.15) is 45.4 Å². The van der Waals surface area contributed by atoms with Crippen LogP contribution < -0.4 is 0 Å². The molecule has 1 fully saturated rings. The van der Waals surface area contributed by atoms with E-state index in [1.54, 1.807) is 0 Å². The van der Waals surface area contributed by atoms with Crippen LogP contribution >= 0.6 is 0 Å². The maximum absolute atomic E-state index is 8.72. The van der Waals surface area contributed by atoms with E-state index in [1.807, 2.05) is 0 Å². The smallest absolute Gasteiger partial charge is 0.0655 e. The quantitative estimate of drug-likeness (QED) is 0.603. The van der Waals surface area contributed by atoms with E-state index in [4.69, 9.17) is 5.26 Å². The van der Waals surface area contributed by atoms with E-state index in [9.17, 15) is 0 Å². The van der Waals surface area contributed by atoms with E-state index in [1.165, 1.54) is 25.7 Å². The minimum atomic E-state index is 0.343. The van der Waals surface area contributed by atoms with Crippen molar-refractivity contribution >= 4 is 0 Å². The van der Waals surface area contributed by atoms with Gasteiger partial charge in [-0.1, -0.05) is 25.5 Å². The van der Waals surface area contributed by atoms with Crippen molar-refractivity contribution in [3.05, 3.63) is 12.2 Å². The van der Waals surface area contributed by atoms with Crippen molar-refractivity contribution in [3.8, 4) is 6.07 Å². The second-order valence-electron chi connectivity index (χ2n) is 3.96. The Morgan fingerprint density at radius 3 is 2.54 bits per heavy atom. The maximum Gasteiger partial charge on any atom is 0.0655 e. The molecule has 0 heterocycles. The fourth-order valence-corrected chi connectivity index (χ4v) is 1.90. The summed E-state index contributed by atoms with van der Waals surface area (Å²) in [5, 5.41) is 8.72. The predicted octanol–water partition coefficient (Wildman–Crippen LogP) is 3.67. The molecule has 1 nitrogen and oxygen atoms in total.